The molecular weight excluding hydrogens is 312 g/mol. The van der Waals surface area contributed by atoms with Gasteiger partial charge in [0.15, 0.2) is 5.75 Å². The highest BCUT2D eigenvalue weighted by Gasteiger charge is 2.20. The van der Waals surface area contributed by atoms with Gasteiger partial charge in [0, 0.05) is 26.2 Å². The normalized spacial score (nSPS) is 15.3. The topological polar surface area (TPSA) is 58.6 Å². The molecule has 6 nitrogen and oxygen atoms in total. The van der Waals surface area contributed by atoms with E-state index in [1.165, 1.54) is 0 Å². The molecular formula is C16H20N4O2S. The Morgan fingerprint density at radius 1 is 1.26 bits per heavy atom. The van der Waals surface area contributed by atoms with Crippen molar-refractivity contribution in [1.82, 2.24) is 14.9 Å². The predicted octanol–water partition coefficient (Wildman–Crippen LogP) is 1.83. The van der Waals surface area contributed by atoms with Crippen LogP contribution in [0.3, 0.4) is 0 Å². The first-order chi connectivity index (χ1) is 11.3. The van der Waals surface area contributed by atoms with Gasteiger partial charge in [0.25, 0.3) is 0 Å². The van der Waals surface area contributed by atoms with Crippen LogP contribution in [0, 0.1) is 0 Å². The van der Waals surface area contributed by atoms with E-state index >= 15 is 0 Å². The highest BCUT2D eigenvalue weighted by molar-refractivity contribution is 7.07. The SMILES string of the molecule is COc1cnc(N2CCCN(C(=O)Cc3ccsc3)CC2)nc1. The summed E-state index contributed by atoms with van der Waals surface area (Å²) in [6, 6.07) is 2.01. The van der Waals surface area contributed by atoms with Crippen molar-refractivity contribution in [2.45, 2.75) is 12.8 Å². The quantitative estimate of drug-likeness (QED) is 0.855. The van der Waals surface area contributed by atoms with Crippen molar-refractivity contribution in [1.29, 1.82) is 0 Å². The third kappa shape index (κ3) is 3.98. The van der Waals surface area contributed by atoms with Gasteiger partial charge < -0.3 is 14.5 Å². The zero-order valence-corrected chi connectivity index (χ0v) is 14.0. The minimum absolute atomic E-state index is 0.195. The van der Waals surface area contributed by atoms with Gasteiger partial charge >= 0.3 is 0 Å². The first-order valence-electron chi connectivity index (χ1n) is 7.66. The lowest BCUT2D eigenvalue weighted by molar-refractivity contribution is -0.130. The fraction of sp³-hybridized carbons (Fsp3) is 0.438. The number of hydrogen-bond acceptors (Lipinski definition) is 6. The first-order valence-corrected chi connectivity index (χ1v) is 8.60. The smallest absolute Gasteiger partial charge is 0.227 e. The molecule has 1 fully saturated rings. The fourth-order valence-electron chi connectivity index (χ4n) is 2.62. The molecule has 0 bridgehead atoms. The van der Waals surface area contributed by atoms with Crippen LogP contribution in [0.1, 0.15) is 12.0 Å². The lowest BCUT2D eigenvalue weighted by Crippen LogP contribution is -2.36. The molecule has 1 aliphatic rings. The Kier molecular flexibility index (Phi) is 5.07. The third-order valence-corrected chi connectivity index (χ3v) is 4.65. The second kappa shape index (κ2) is 7.41. The lowest BCUT2D eigenvalue weighted by atomic mass is 10.2. The summed E-state index contributed by atoms with van der Waals surface area (Å²) < 4.78 is 5.08. The van der Waals surface area contributed by atoms with E-state index in [2.05, 4.69) is 14.9 Å². The number of anilines is 1. The summed E-state index contributed by atoms with van der Waals surface area (Å²) in [5.74, 6) is 1.54. The summed E-state index contributed by atoms with van der Waals surface area (Å²) in [7, 11) is 1.60. The van der Waals surface area contributed by atoms with Crippen LogP contribution in [0.15, 0.2) is 29.2 Å². The largest absolute Gasteiger partial charge is 0.494 e. The van der Waals surface area contributed by atoms with Crippen molar-refractivity contribution in [3.05, 3.63) is 34.8 Å². The number of carbonyl (C=O) groups excluding carboxylic acids is 1. The number of nitrogens with zero attached hydrogens (tertiary/aromatic N) is 4. The highest BCUT2D eigenvalue weighted by Crippen LogP contribution is 2.15. The Morgan fingerprint density at radius 3 is 2.78 bits per heavy atom. The molecule has 3 heterocycles. The van der Waals surface area contributed by atoms with E-state index < -0.39 is 0 Å². The van der Waals surface area contributed by atoms with Gasteiger partial charge in [-0.3, -0.25) is 4.79 Å². The van der Waals surface area contributed by atoms with Crippen molar-refractivity contribution in [3.63, 3.8) is 0 Å². The van der Waals surface area contributed by atoms with Crippen LogP contribution in [-0.4, -0.2) is 54.1 Å². The monoisotopic (exact) mass is 332 g/mol. The standard InChI is InChI=1S/C16H20N4O2S/c1-22-14-10-17-16(18-11-14)20-5-2-4-19(6-7-20)15(21)9-13-3-8-23-12-13/h3,8,10-12H,2,4-7,9H2,1H3. The molecule has 0 spiro atoms. The van der Waals surface area contributed by atoms with Crippen molar-refractivity contribution < 1.29 is 9.53 Å². The number of methoxy groups -OCH3 is 1. The zero-order valence-electron chi connectivity index (χ0n) is 13.1. The van der Waals surface area contributed by atoms with Crippen LogP contribution < -0.4 is 9.64 Å². The molecule has 23 heavy (non-hydrogen) atoms. The number of amides is 1. The van der Waals surface area contributed by atoms with Crippen molar-refractivity contribution in [2.75, 3.05) is 38.2 Å². The Hall–Kier alpha value is -2.15. The van der Waals surface area contributed by atoms with Gasteiger partial charge in [-0.15, -0.1) is 0 Å². The molecule has 122 valence electrons. The van der Waals surface area contributed by atoms with E-state index in [0.29, 0.717) is 24.7 Å². The van der Waals surface area contributed by atoms with Crippen molar-refractivity contribution in [3.8, 4) is 5.75 Å². The maximum Gasteiger partial charge on any atom is 0.227 e. The molecule has 3 rings (SSSR count). The summed E-state index contributed by atoms with van der Waals surface area (Å²) in [5.41, 5.74) is 1.10. The zero-order chi connectivity index (χ0) is 16.1. The number of rotatable bonds is 4. The Bertz CT molecular complexity index is 630. The number of aromatic nitrogens is 2. The highest BCUT2D eigenvalue weighted by atomic mass is 32.1. The minimum Gasteiger partial charge on any atom is -0.494 e. The Balaban J connectivity index is 1.59. The van der Waals surface area contributed by atoms with Gasteiger partial charge in [0.1, 0.15) is 0 Å². The number of hydrogen-bond donors (Lipinski definition) is 0. The van der Waals surface area contributed by atoms with Gasteiger partial charge in [-0.05, 0) is 28.8 Å². The van der Waals surface area contributed by atoms with Gasteiger partial charge in [0.05, 0.1) is 25.9 Å². The van der Waals surface area contributed by atoms with Crippen LogP contribution in [0.2, 0.25) is 0 Å². The average Bonchev–Trinajstić information content (AvgIpc) is 2.96. The molecule has 1 saturated heterocycles. The summed E-state index contributed by atoms with van der Waals surface area (Å²) in [6.07, 6.45) is 4.76. The number of thiophene rings is 1. The summed E-state index contributed by atoms with van der Waals surface area (Å²) in [4.78, 5) is 25.1. The molecule has 0 atom stereocenters. The number of carbonyl (C=O) groups is 1. The summed E-state index contributed by atoms with van der Waals surface area (Å²) >= 11 is 1.63. The van der Waals surface area contributed by atoms with E-state index in [1.807, 2.05) is 21.7 Å². The van der Waals surface area contributed by atoms with E-state index in [1.54, 1.807) is 30.8 Å². The molecule has 0 aromatic carbocycles. The lowest BCUT2D eigenvalue weighted by Gasteiger charge is -2.22. The van der Waals surface area contributed by atoms with Gasteiger partial charge in [-0.25, -0.2) is 9.97 Å². The molecule has 1 amide bonds. The van der Waals surface area contributed by atoms with E-state index in [-0.39, 0.29) is 5.91 Å². The molecule has 2 aromatic heterocycles. The van der Waals surface area contributed by atoms with Crippen molar-refractivity contribution >= 4 is 23.2 Å². The van der Waals surface area contributed by atoms with Crippen LogP contribution >= 0.6 is 11.3 Å². The fourth-order valence-corrected chi connectivity index (χ4v) is 3.29. The molecule has 0 aliphatic carbocycles. The van der Waals surface area contributed by atoms with E-state index in [9.17, 15) is 4.79 Å². The third-order valence-electron chi connectivity index (χ3n) is 3.92. The average molecular weight is 332 g/mol. The minimum atomic E-state index is 0.195. The van der Waals surface area contributed by atoms with Crippen LogP contribution in [0.25, 0.3) is 0 Å². The molecule has 7 heteroatoms. The molecule has 0 radical (unpaired) electrons. The second-order valence-corrected chi connectivity index (χ2v) is 6.23. The summed E-state index contributed by atoms with van der Waals surface area (Å²) in [6.45, 7) is 3.10. The van der Waals surface area contributed by atoms with Gasteiger partial charge in [0.2, 0.25) is 11.9 Å². The molecule has 1 aliphatic heterocycles. The molecule has 2 aromatic rings. The molecule has 0 saturated carbocycles. The summed E-state index contributed by atoms with van der Waals surface area (Å²) in [5, 5.41) is 4.04. The predicted molar refractivity (Wildman–Crippen MR) is 90.0 cm³/mol. The maximum atomic E-state index is 12.4. The second-order valence-electron chi connectivity index (χ2n) is 5.45. The molecule has 0 unspecified atom stereocenters. The van der Waals surface area contributed by atoms with Crippen LogP contribution in [0.4, 0.5) is 5.95 Å². The van der Waals surface area contributed by atoms with Crippen molar-refractivity contribution in [2.24, 2.45) is 0 Å². The van der Waals surface area contributed by atoms with Crippen LogP contribution in [0.5, 0.6) is 5.75 Å². The number of ether oxygens (including phenoxy) is 1. The first kappa shape index (κ1) is 15.7. The van der Waals surface area contributed by atoms with Gasteiger partial charge in [-0.1, -0.05) is 0 Å². The van der Waals surface area contributed by atoms with E-state index in [0.717, 1.165) is 31.6 Å². The Morgan fingerprint density at radius 2 is 2.09 bits per heavy atom. The van der Waals surface area contributed by atoms with E-state index in [4.69, 9.17) is 4.74 Å². The maximum absolute atomic E-state index is 12.4. The Labute approximate surface area is 139 Å². The van der Waals surface area contributed by atoms with Gasteiger partial charge in [-0.2, -0.15) is 11.3 Å². The van der Waals surface area contributed by atoms with Crippen LogP contribution in [-0.2, 0) is 11.2 Å². The molecule has 0 N–H and O–H groups in total.